The molecule has 0 unspecified atom stereocenters. The van der Waals surface area contributed by atoms with Crippen molar-refractivity contribution in [2.24, 2.45) is 0 Å². The van der Waals surface area contributed by atoms with E-state index in [1.807, 2.05) is 24.4 Å². The molecule has 27 heavy (non-hydrogen) atoms. The fraction of sp³-hybridized carbons (Fsp3) is 0. The van der Waals surface area contributed by atoms with Crippen LogP contribution in [0.3, 0.4) is 0 Å². The maximum atomic E-state index is 5.93. The van der Waals surface area contributed by atoms with Gasteiger partial charge >= 0.3 is 0 Å². The molecule has 0 aliphatic rings. The van der Waals surface area contributed by atoms with Crippen LogP contribution < -0.4 is 10.7 Å². The minimum absolute atomic E-state index is 0.781. The largest absolute Gasteiger partial charge is 0.399 e. The molecule has 128 valence electrons. The van der Waals surface area contributed by atoms with E-state index in [9.17, 15) is 0 Å². The summed E-state index contributed by atoms with van der Waals surface area (Å²) in [6, 6.07) is 29.7. The molecule has 0 amide bonds. The van der Waals surface area contributed by atoms with Gasteiger partial charge in [-0.05, 0) is 50.9 Å². The molecule has 4 aromatic carbocycles. The third-order valence-corrected chi connectivity index (χ3v) is 5.13. The molecule has 0 fully saturated rings. The number of aromatic nitrogens is 1. The number of benzene rings is 4. The van der Waals surface area contributed by atoms with E-state index < -0.39 is 0 Å². The first-order valence-electron chi connectivity index (χ1n) is 9.09. The number of fused-ring (bicyclic) bond motifs is 2. The summed E-state index contributed by atoms with van der Waals surface area (Å²) in [5.74, 6) is 0. The lowest BCUT2D eigenvalue weighted by Crippen LogP contribution is -1.99. The Kier molecular flexibility index (Phi) is 3.61. The van der Waals surface area contributed by atoms with Crippen LogP contribution in [0.4, 0.5) is 5.69 Å². The van der Waals surface area contributed by atoms with Crippen molar-refractivity contribution in [3.8, 4) is 22.3 Å². The highest BCUT2D eigenvalue weighted by Gasteiger charge is 2.16. The number of anilines is 1. The van der Waals surface area contributed by atoms with Gasteiger partial charge in [-0.2, -0.15) is 0 Å². The molecule has 0 spiro atoms. The van der Waals surface area contributed by atoms with Gasteiger partial charge in [0.05, 0.1) is 0 Å². The number of nitrogen functional groups attached to an aromatic ring is 1. The zero-order valence-corrected chi connectivity index (χ0v) is 14.8. The summed E-state index contributed by atoms with van der Waals surface area (Å²) in [6.07, 6.45) is 4.01. The minimum Gasteiger partial charge on any atom is -0.399 e. The van der Waals surface area contributed by atoms with Gasteiger partial charge in [0.1, 0.15) is 0 Å². The Hall–Kier alpha value is -3.65. The highest BCUT2D eigenvalue weighted by molar-refractivity contribution is 6.21. The predicted molar refractivity (Wildman–Crippen MR) is 113 cm³/mol. The number of H-pyrrole nitrogens is 1. The Morgan fingerprint density at radius 3 is 1.52 bits per heavy atom. The van der Waals surface area contributed by atoms with Crippen molar-refractivity contribution >= 4 is 27.2 Å². The van der Waals surface area contributed by atoms with Crippen molar-refractivity contribution in [2.75, 3.05) is 5.73 Å². The fourth-order valence-corrected chi connectivity index (χ4v) is 3.95. The van der Waals surface area contributed by atoms with E-state index in [4.69, 9.17) is 5.73 Å². The molecule has 5 rings (SSSR count). The number of nitrogens with two attached hydrogens (primary N) is 1. The highest BCUT2D eigenvalue weighted by atomic mass is 14.6. The van der Waals surface area contributed by atoms with Gasteiger partial charge in [0.25, 0.3) is 0 Å². The second kappa shape index (κ2) is 6.26. The molecular weight excluding hydrogens is 328 g/mol. The van der Waals surface area contributed by atoms with Crippen molar-refractivity contribution < 1.29 is 4.98 Å². The number of rotatable bonds is 2. The van der Waals surface area contributed by atoms with Gasteiger partial charge in [-0.3, -0.25) is 0 Å². The molecule has 0 aliphatic carbocycles. The van der Waals surface area contributed by atoms with Gasteiger partial charge in [0.2, 0.25) is 0 Å². The topological polar surface area (TPSA) is 40.2 Å². The second-order valence-electron chi connectivity index (χ2n) is 6.76. The van der Waals surface area contributed by atoms with Crippen molar-refractivity contribution in [3.63, 3.8) is 0 Å². The van der Waals surface area contributed by atoms with Gasteiger partial charge in [-0.15, -0.1) is 0 Å². The van der Waals surface area contributed by atoms with Crippen LogP contribution >= 0.6 is 0 Å². The zero-order chi connectivity index (χ0) is 18.2. The summed E-state index contributed by atoms with van der Waals surface area (Å²) in [5.41, 5.74) is 11.6. The molecule has 0 atom stereocenters. The lowest BCUT2D eigenvalue weighted by atomic mass is 9.86. The van der Waals surface area contributed by atoms with Crippen LogP contribution in [-0.4, -0.2) is 0 Å². The van der Waals surface area contributed by atoms with Crippen molar-refractivity contribution in [3.05, 3.63) is 97.3 Å². The van der Waals surface area contributed by atoms with E-state index in [0.29, 0.717) is 0 Å². The van der Waals surface area contributed by atoms with Crippen LogP contribution in [-0.2, 0) is 0 Å². The Balaban J connectivity index is 1.99. The average molecular weight is 347 g/mol. The lowest BCUT2D eigenvalue weighted by Gasteiger charge is -2.16. The number of aromatic amines is 1. The zero-order valence-electron chi connectivity index (χ0n) is 14.8. The third-order valence-electron chi connectivity index (χ3n) is 5.13. The molecule has 0 saturated carbocycles. The summed E-state index contributed by atoms with van der Waals surface area (Å²) in [4.78, 5) is 3.23. The molecule has 2 nitrogen and oxygen atoms in total. The van der Waals surface area contributed by atoms with Gasteiger partial charge in [-0.1, -0.05) is 60.7 Å². The normalized spacial score (nSPS) is 11.1. The van der Waals surface area contributed by atoms with Crippen LogP contribution in [0.25, 0.3) is 43.8 Å². The fourth-order valence-electron chi connectivity index (χ4n) is 3.95. The van der Waals surface area contributed by atoms with E-state index in [-0.39, 0.29) is 0 Å². The Labute approximate surface area is 157 Å². The quantitative estimate of drug-likeness (QED) is 0.322. The monoisotopic (exact) mass is 347 g/mol. The molecular formula is C25H19N2+. The standard InChI is InChI=1S/C25H18N2/c26-19-13-11-17(12-14-19)24-20-7-1-3-9-22(20)25(18-6-5-15-27-16-18)23-10-4-2-8-21(23)24/h1-16H,26H2/p+1. The van der Waals surface area contributed by atoms with E-state index >= 15 is 0 Å². The Bertz CT molecular complexity index is 1200. The first-order valence-corrected chi connectivity index (χ1v) is 9.09. The molecule has 3 N–H and O–H groups in total. The molecule has 0 aliphatic heterocycles. The van der Waals surface area contributed by atoms with Crippen LogP contribution in [0.15, 0.2) is 97.3 Å². The van der Waals surface area contributed by atoms with E-state index in [0.717, 1.165) is 5.69 Å². The van der Waals surface area contributed by atoms with Crippen molar-refractivity contribution in [1.29, 1.82) is 0 Å². The maximum absolute atomic E-state index is 5.93. The molecule has 1 heterocycles. The summed E-state index contributed by atoms with van der Waals surface area (Å²) in [5, 5.41) is 5.00. The number of hydrogen-bond acceptors (Lipinski definition) is 1. The average Bonchev–Trinajstić information content (AvgIpc) is 2.73. The van der Waals surface area contributed by atoms with Crippen LogP contribution in [0.5, 0.6) is 0 Å². The molecule has 0 radical (unpaired) electrons. The Morgan fingerprint density at radius 1 is 0.519 bits per heavy atom. The third kappa shape index (κ3) is 2.54. The van der Waals surface area contributed by atoms with Crippen LogP contribution in [0.1, 0.15) is 0 Å². The SMILES string of the molecule is Nc1ccc(-c2c3ccccc3c(-c3ccc[nH+]c3)c3ccccc23)cc1. The van der Waals surface area contributed by atoms with Gasteiger partial charge < -0.3 is 5.73 Å². The molecule has 0 bridgehead atoms. The molecule has 1 aromatic heterocycles. The smallest absolute Gasteiger partial charge is 0.174 e. The van der Waals surface area contributed by atoms with Crippen LogP contribution in [0.2, 0.25) is 0 Å². The minimum atomic E-state index is 0.781. The maximum Gasteiger partial charge on any atom is 0.174 e. The Morgan fingerprint density at radius 2 is 1.04 bits per heavy atom. The van der Waals surface area contributed by atoms with E-state index in [1.54, 1.807) is 0 Å². The summed E-state index contributed by atoms with van der Waals surface area (Å²) in [6.45, 7) is 0. The second-order valence-corrected chi connectivity index (χ2v) is 6.76. The van der Waals surface area contributed by atoms with Crippen molar-refractivity contribution in [2.45, 2.75) is 0 Å². The van der Waals surface area contributed by atoms with Gasteiger partial charge in [0, 0.05) is 22.9 Å². The number of hydrogen-bond donors (Lipinski definition) is 1. The molecule has 5 aromatic rings. The van der Waals surface area contributed by atoms with Gasteiger partial charge in [0.15, 0.2) is 12.4 Å². The van der Waals surface area contributed by atoms with Crippen LogP contribution in [0, 0.1) is 0 Å². The summed E-state index contributed by atoms with van der Waals surface area (Å²) >= 11 is 0. The lowest BCUT2D eigenvalue weighted by molar-refractivity contribution is -0.377. The first kappa shape index (κ1) is 15.6. The van der Waals surface area contributed by atoms with Gasteiger partial charge in [-0.25, -0.2) is 4.98 Å². The van der Waals surface area contributed by atoms with Crippen molar-refractivity contribution in [1.82, 2.24) is 0 Å². The molecule has 2 heteroatoms. The van der Waals surface area contributed by atoms with E-state index in [2.05, 4.69) is 77.9 Å². The predicted octanol–water partition coefficient (Wildman–Crippen LogP) is 5.72. The first-order chi connectivity index (χ1) is 13.3. The summed E-state index contributed by atoms with van der Waals surface area (Å²) in [7, 11) is 0. The summed E-state index contributed by atoms with van der Waals surface area (Å²) < 4.78 is 0. The number of nitrogens with one attached hydrogen (secondary N) is 1. The molecule has 0 saturated heterocycles. The van der Waals surface area contributed by atoms with E-state index in [1.165, 1.54) is 43.8 Å². The highest BCUT2D eigenvalue weighted by Crippen LogP contribution is 2.43. The number of pyridine rings is 1.